The summed E-state index contributed by atoms with van der Waals surface area (Å²) >= 11 is 5.52. The molecule has 1 aromatic carbocycles. The Bertz CT molecular complexity index is 396. The van der Waals surface area contributed by atoms with E-state index in [4.69, 9.17) is 21.6 Å². The molecule has 0 bridgehead atoms. The van der Waals surface area contributed by atoms with Crippen LogP contribution in [0.1, 0.15) is 10.4 Å². The van der Waals surface area contributed by atoms with Crippen LogP contribution in [0.4, 0.5) is 4.39 Å². The number of rotatable bonds is 2. The molecule has 1 rings (SSSR count). The summed E-state index contributed by atoms with van der Waals surface area (Å²) in [5.41, 5.74) is -0.561. The molecule has 0 saturated carbocycles. The second-order valence-electron chi connectivity index (χ2n) is 2.70. The Kier molecular flexibility index (Phi) is 3.68. The van der Waals surface area contributed by atoms with Gasteiger partial charge in [0.2, 0.25) is 0 Å². The largest absolute Gasteiger partial charge is 0.491 e. The fourth-order valence-electron chi connectivity index (χ4n) is 1.03. The molecule has 0 aliphatic heterocycles. The maximum absolute atomic E-state index is 13.3. The number of hydrogen-bond acceptors (Lipinski definition) is 4. The highest BCUT2D eigenvalue weighted by Crippen LogP contribution is 2.19. The van der Waals surface area contributed by atoms with Gasteiger partial charge >= 0.3 is 13.1 Å². The highest BCUT2D eigenvalue weighted by Gasteiger charge is 2.23. The molecule has 1 aromatic rings. The van der Waals surface area contributed by atoms with Crippen molar-refractivity contribution in [2.75, 3.05) is 7.11 Å². The summed E-state index contributed by atoms with van der Waals surface area (Å²) in [5, 5.41) is 17.0. The third-order valence-corrected chi connectivity index (χ3v) is 2.17. The number of carbonyl (C=O) groups excluding carboxylic acids is 1. The van der Waals surface area contributed by atoms with E-state index < -0.39 is 29.4 Å². The number of benzene rings is 1. The SMILES string of the molecule is COC(=O)c1ccc(B(O)O)c(F)c1Cl. The maximum Gasteiger partial charge on any atom is 0.491 e. The summed E-state index contributed by atoms with van der Waals surface area (Å²) in [7, 11) is -0.847. The lowest BCUT2D eigenvalue weighted by Gasteiger charge is -2.07. The van der Waals surface area contributed by atoms with Gasteiger partial charge in [-0.1, -0.05) is 17.7 Å². The summed E-state index contributed by atoms with van der Waals surface area (Å²) in [6.07, 6.45) is 0. The number of esters is 1. The van der Waals surface area contributed by atoms with Gasteiger partial charge in [-0.05, 0) is 6.07 Å². The first kappa shape index (κ1) is 12.0. The van der Waals surface area contributed by atoms with Crippen molar-refractivity contribution in [3.05, 3.63) is 28.5 Å². The predicted octanol–water partition coefficient (Wildman–Crippen LogP) is -0.0545. The van der Waals surface area contributed by atoms with Crippen LogP contribution in [0.2, 0.25) is 5.02 Å². The lowest BCUT2D eigenvalue weighted by atomic mass is 9.79. The third kappa shape index (κ3) is 2.28. The first-order chi connectivity index (χ1) is 6.99. The normalized spacial score (nSPS) is 9.93. The Hall–Kier alpha value is -1.11. The van der Waals surface area contributed by atoms with Crippen molar-refractivity contribution in [1.29, 1.82) is 0 Å². The van der Waals surface area contributed by atoms with Crippen LogP contribution in [0, 0.1) is 5.82 Å². The van der Waals surface area contributed by atoms with Crippen LogP contribution >= 0.6 is 11.6 Å². The van der Waals surface area contributed by atoms with E-state index in [1.54, 1.807) is 0 Å². The summed E-state index contributed by atoms with van der Waals surface area (Å²) in [6, 6.07) is 2.21. The standard InChI is InChI=1S/C8H7BClFO4/c1-15-8(12)4-2-3-5(9(13)14)7(11)6(4)10/h2-3,13-14H,1H3. The number of ether oxygens (including phenoxy) is 1. The van der Waals surface area contributed by atoms with Crippen molar-refractivity contribution in [3.8, 4) is 0 Å². The monoisotopic (exact) mass is 232 g/mol. The van der Waals surface area contributed by atoms with E-state index in [0.717, 1.165) is 19.2 Å². The van der Waals surface area contributed by atoms with Crippen molar-refractivity contribution >= 4 is 30.2 Å². The molecule has 0 aliphatic rings. The van der Waals surface area contributed by atoms with Gasteiger partial charge in [-0.25, -0.2) is 9.18 Å². The minimum absolute atomic E-state index is 0.166. The molecule has 0 atom stereocenters. The van der Waals surface area contributed by atoms with Gasteiger partial charge in [-0.2, -0.15) is 0 Å². The fraction of sp³-hybridized carbons (Fsp3) is 0.125. The second-order valence-corrected chi connectivity index (χ2v) is 3.07. The minimum Gasteiger partial charge on any atom is -0.465 e. The number of hydrogen-bond donors (Lipinski definition) is 2. The highest BCUT2D eigenvalue weighted by atomic mass is 35.5. The Morgan fingerprint density at radius 1 is 1.53 bits per heavy atom. The number of methoxy groups -OCH3 is 1. The predicted molar refractivity (Wildman–Crippen MR) is 52.6 cm³/mol. The van der Waals surface area contributed by atoms with Crippen LogP contribution in [0.5, 0.6) is 0 Å². The molecule has 0 saturated heterocycles. The van der Waals surface area contributed by atoms with Crippen molar-refractivity contribution in [2.45, 2.75) is 0 Å². The van der Waals surface area contributed by atoms with E-state index in [0.29, 0.717) is 0 Å². The number of carbonyl (C=O) groups is 1. The summed E-state index contributed by atoms with van der Waals surface area (Å²) in [4.78, 5) is 11.1. The Morgan fingerprint density at radius 3 is 2.60 bits per heavy atom. The van der Waals surface area contributed by atoms with Gasteiger partial charge in [0, 0.05) is 5.46 Å². The van der Waals surface area contributed by atoms with Crippen LogP contribution in [0.25, 0.3) is 0 Å². The average Bonchev–Trinajstić information content (AvgIpc) is 2.20. The topological polar surface area (TPSA) is 66.8 Å². The van der Waals surface area contributed by atoms with Crippen LogP contribution in [-0.2, 0) is 4.74 Å². The van der Waals surface area contributed by atoms with E-state index in [-0.39, 0.29) is 5.56 Å². The highest BCUT2D eigenvalue weighted by molar-refractivity contribution is 6.59. The molecular formula is C8H7BClFO4. The Morgan fingerprint density at radius 2 is 2.13 bits per heavy atom. The van der Waals surface area contributed by atoms with Crippen LogP contribution in [-0.4, -0.2) is 30.2 Å². The molecule has 0 heterocycles. The van der Waals surface area contributed by atoms with Gasteiger partial charge < -0.3 is 14.8 Å². The van der Waals surface area contributed by atoms with Gasteiger partial charge in [-0.15, -0.1) is 0 Å². The molecule has 4 nitrogen and oxygen atoms in total. The van der Waals surface area contributed by atoms with Crippen LogP contribution in [0.3, 0.4) is 0 Å². The van der Waals surface area contributed by atoms with E-state index in [1.165, 1.54) is 0 Å². The summed E-state index contributed by atoms with van der Waals surface area (Å²) in [6.45, 7) is 0. The molecule has 0 fully saturated rings. The second kappa shape index (κ2) is 4.61. The number of halogens is 2. The zero-order valence-corrected chi connectivity index (χ0v) is 8.45. The van der Waals surface area contributed by atoms with E-state index in [9.17, 15) is 9.18 Å². The van der Waals surface area contributed by atoms with Gasteiger partial charge in [-0.3, -0.25) is 0 Å². The van der Waals surface area contributed by atoms with E-state index >= 15 is 0 Å². The van der Waals surface area contributed by atoms with Crippen LogP contribution < -0.4 is 5.46 Å². The molecule has 7 heteroatoms. The van der Waals surface area contributed by atoms with Crippen LogP contribution in [0.15, 0.2) is 12.1 Å². The molecular weight excluding hydrogens is 225 g/mol. The van der Waals surface area contributed by atoms with Crippen molar-refractivity contribution in [1.82, 2.24) is 0 Å². The van der Waals surface area contributed by atoms with E-state index in [1.807, 2.05) is 0 Å². The van der Waals surface area contributed by atoms with Gasteiger partial charge in [0.05, 0.1) is 17.7 Å². The van der Waals surface area contributed by atoms with Crippen molar-refractivity contribution in [2.24, 2.45) is 0 Å². The lowest BCUT2D eigenvalue weighted by molar-refractivity contribution is 0.0600. The molecule has 0 unspecified atom stereocenters. The average molecular weight is 232 g/mol. The lowest BCUT2D eigenvalue weighted by Crippen LogP contribution is -2.33. The first-order valence-electron chi connectivity index (χ1n) is 3.91. The van der Waals surface area contributed by atoms with Gasteiger partial charge in [0.25, 0.3) is 0 Å². The summed E-state index contributed by atoms with van der Waals surface area (Å²) in [5.74, 6) is -1.84. The Labute approximate surface area is 90.4 Å². The maximum atomic E-state index is 13.3. The van der Waals surface area contributed by atoms with Gasteiger partial charge in [0.15, 0.2) is 0 Å². The zero-order valence-electron chi connectivity index (χ0n) is 7.70. The minimum atomic E-state index is -1.98. The molecule has 0 aromatic heterocycles. The molecule has 0 amide bonds. The molecule has 0 radical (unpaired) electrons. The Balaban J connectivity index is 3.27. The molecule has 2 N–H and O–H groups in total. The molecule has 15 heavy (non-hydrogen) atoms. The molecule has 80 valence electrons. The zero-order chi connectivity index (χ0) is 11.6. The molecule has 0 aliphatic carbocycles. The van der Waals surface area contributed by atoms with Crippen molar-refractivity contribution < 1.29 is 24.0 Å². The summed E-state index contributed by atoms with van der Waals surface area (Å²) < 4.78 is 17.7. The third-order valence-electron chi connectivity index (χ3n) is 1.80. The quantitative estimate of drug-likeness (QED) is 0.554. The van der Waals surface area contributed by atoms with E-state index in [2.05, 4.69) is 4.74 Å². The van der Waals surface area contributed by atoms with Crippen molar-refractivity contribution in [3.63, 3.8) is 0 Å². The molecule has 0 spiro atoms. The van der Waals surface area contributed by atoms with Gasteiger partial charge in [0.1, 0.15) is 5.82 Å². The first-order valence-corrected chi connectivity index (χ1v) is 4.29. The fourth-order valence-corrected chi connectivity index (χ4v) is 1.28. The smallest absolute Gasteiger partial charge is 0.465 e.